The van der Waals surface area contributed by atoms with Crippen molar-refractivity contribution in [3.8, 4) is 11.8 Å². The maximum absolute atomic E-state index is 8.96. The van der Waals surface area contributed by atoms with E-state index in [1.54, 1.807) is 22.9 Å². The van der Waals surface area contributed by atoms with Gasteiger partial charge in [-0.1, -0.05) is 6.07 Å². The van der Waals surface area contributed by atoms with Gasteiger partial charge in [-0.15, -0.1) is 0 Å². The molecule has 0 saturated carbocycles. The van der Waals surface area contributed by atoms with Crippen LogP contribution < -0.4 is 5.73 Å². The summed E-state index contributed by atoms with van der Waals surface area (Å²) in [5, 5.41) is 8.96. The first-order chi connectivity index (χ1) is 9.19. The number of benzene rings is 1. The summed E-state index contributed by atoms with van der Waals surface area (Å²) in [5.41, 5.74) is 9.79. The minimum Gasteiger partial charge on any atom is -0.369 e. The van der Waals surface area contributed by atoms with E-state index >= 15 is 0 Å². The fraction of sp³-hybridized carbons (Fsp3) is 0.0714. The summed E-state index contributed by atoms with van der Waals surface area (Å²) in [6.45, 7) is 1.96. The lowest BCUT2D eigenvalue weighted by atomic mass is 10.2. The number of nitrogens with zero attached hydrogens (tertiary/aromatic N) is 4. The van der Waals surface area contributed by atoms with Crippen molar-refractivity contribution in [2.24, 2.45) is 0 Å². The minimum absolute atomic E-state index is 0.364. The summed E-state index contributed by atoms with van der Waals surface area (Å²) < 4.78 is 1.75. The fourth-order valence-corrected chi connectivity index (χ4v) is 2.05. The summed E-state index contributed by atoms with van der Waals surface area (Å²) in [5.74, 6) is 0.364. The quantitative estimate of drug-likeness (QED) is 0.716. The number of nitrogens with two attached hydrogens (primary N) is 1. The standard InChI is InChI=1S/C14H11N5/c1-9-5-12-13(17-8-9)19(14(16)18-12)11-4-2-3-10(6-11)7-15/h2-6,8H,1H3,(H2,16,18). The van der Waals surface area contributed by atoms with Crippen LogP contribution in [0.3, 0.4) is 0 Å². The van der Waals surface area contributed by atoms with Crippen LogP contribution >= 0.6 is 0 Å². The van der Waals surface area contributed by atoms with Crippen molar-refractivity contribution in [1.82, 2.24) is 14.5 Å². The molecule has 0 spiro atoms. The number of rotatable bonds is 1. The monoisotopic (exact) mass is 249 g/mol. The Morgan fingerprint density at radius 2 is 2.16 bits per heavy atom. The van der Waals surface area contributed by atoms with Crippen LogP contribution in [0.2, 0.25) is 0 Å². The van der Waals surface area contributed by atoms with Gasteiger partial charge in [0.2, 0.25) is 5.95 Å². The minimum atomic E-state index is 0.364. The number of hydrogen-bond donors (Lipinski definition) is 1. The van der Waals surface area contributed by atoms with Gasteiger partial charge in [0.25, 0.3) is 0 Å². The van der Waals surface area contributed by atoms with E-state index in [0.29, 0.717) is 17.2 Å². The molecule has 19 heavy (non-hydrogen) atoms. The molecule has 0 radical (unpaired) electrons. The summed E-state index contributed by atoms with van der Waals surface area (Å²) in [7, 11) is 0. The first kappa shape index (κ1) is 11.2. The third-order valence-electron chi connectivity index (χ3n) is 2.89. The maximum atomic E-state index is 8.96. The molecule has 0 aliphatic heterocycles. The predicted molar refractivity (Wildman–Crippen MR) is 72.7 cm³/mol. The van der Waals surface area contributed by atoms with Crippen molar-refractivity contribution in [3.05, 3.63) is 47.7 Å². The van der Waals surface area contributed by atoms with Gasteiger partial charge in [0.15, 0.2) is 5.65 Å². The van der Waals surface area contributed by atoms with Gasteiger partial charge in [0.05, 0.1) is 17.3 Å². The smallest absolute Gasteiger partial charge is 0.207 e. The molecule has 1 aromatic carbocycles. The van der Waals surface area contributed by atoms with E-state index in [1.807, 2.05) is 25.1 Å². The molecule has 2 N–H and O–H groups in total. The van der Waals surface area contributed by atoms with Crippen molar-refractivity contribution in [2.75, 3.05) is 5.73 Å². The van der Waals surface area contributed by atoms with E-state index < -0.39 is 0 Å². The Morgan fingerprint density at radius 3 is 2.95 bits per heavy atom. The molecule has 5 heteroatoms. The number of fused-ring (bicyclic) bond motifs is 1. The number of nitriles is 1. The summed E-state index contributed by atoms with van der Waals surface area (Å²) in [4.78, 5) is 8.67. The number of aryl methyl sites for hydroxylation is 1. The van der Waals surface area contributed by atoms with Gasteiger partial charge >= 0.3 is 0 Å². The highest BCUT2D eigenvalue weighted by molar-refractivity contribution is 5.77. The molecule has 2 heterocycles. The SMILES string of the molecule is Cc1cnc2c(c1)nc(N)n2-c1cccc(C#N)c1. The lowest BCUT2D eigenvalue weighted by Gasteiger charge is -2.05. The molecule has 3 aromatic rings. The van der Waals surface area contributed by atoms with Crippen LogP contribution in [-0.2, 0) is 0 Å². The zero-order chi connectivity index (χ0) is 13.4. The number of imidazole rings is 1. The van der Waals surface area contributed by atoms with Crippen LogP contribution in [0.5, 0.6) is 0 Å². The maximum Gasteiger partial charge on any atom is 0.207 e. The Balaban J connectivity index is 2.30. The second-order valence-electron chi connectivity index (χ2n) is 4.32. The zero-order valence-corrected chi connectivity index (χ0v) is 10.3. The normalized spacial score (nSPS) is 10.5. The van der Waals surface area contributed by atoms with E-state index in [2.05, 4.69) is 16.0 Å². The van der Waals surface area contributed by atoms with Gasteiger partial charge in [0.1, 0.15) is 5.52 Å². The highest BCUT2D eigenvalue weighted by atomic mass is 15.2. The van der Waals surface area contributed by atoms with Crippen molar-refractivity contribution >= 4 is 17.1 Å². The van der Waals surface area contributed by atoms with E-state index in [9.17, 15) is 0 Å². The van der Waals surface area contributed by atoms with Gasteiger partial charge < -0.3 is 5.73 Å². The van der Waals surface area contributed by atoms with Crippen LogP contribution in [0.4, 0.5) is 5.95 Å². The molecule has 0 fully saturated rings. The van der Waals surface area contributed by atoms with Crippen LogP contribution in [0.25, 0.3) is 16.9 Å². The van der Waals surface area contributed by atoms with Crippen molar-refractivity contribution in [2.45, 2.75) is 6.92 Å². The molecule has 0 unspecified atom stereocenters. The van der Waals surface area contributed by atoms with Crippen molar-refractivity contribution in [1.29, 1.82) is 5.26 Å². The second kappa shape index (κ2) is 4.10. The summed E-state index contributed by atoms with van der Waals surface area (Å²) >= 11 is 0. The molecule has 0 aliphatic carbocycles. The molecule has 0 aliphatic rings. The average Bonchev–Trinajstić information content (AvgIpc) is 2.73. The van der Waals surface area contributed by atoms with E-state index in [4.69, 9.17) is 11.0 Å². The molecule has 5 nitrogen and oxygen atoms in total. The van der Waals surface area contributed by atoms with Gasteiger partial charge in [0, 0.05) is 6.20 Å². The van der Waals surface area contributed by atoms with Crippen LogP contribution in [-0.4, -0.2) is 14.5 Å². The summed E-state index contributed by atoms with van der Waals surface area (Å²) in [6.07, 6.45) is 1.77. The molecule has 0 saturated heterocycles. The van der Waals surface area contributed by atoms with E-state index in [0.717, 1.165) is 16.8 Å². The van der Waals surface area contributed by atoms with Gasteiger partial charge in [-0.05, 0) is 36.8 Å². The van der Waals surface area contributed by atoms with Gasteiger partial charge in [-0.25, -0.2) is 9.97 Å². The van der Waals surface area contributed by atoms with Crippen LogP contribution in [0, 0.1) is 18.3 Å². The first-order valence-corrected chi connectivity index (χ1v) is 5.80. The Kier molecular flexibility index (Phi) is 2.43. The Morgan fingerprint density at radius 1 is 1.32 bits per heavy atom. The zero-order valence-electron chi connectivity index (χ0n) is 10.3. The Hall–Kier alpha value is -2.87. The molecule has 2 aromatic heterocycles. The van der Waals surface area contributed by atoms with E-state index in [-0.39, 0.29) is 0 Å². The van der Waals surface area contributed by atoms with Crippen molar-refractivity contribution < 1.29 is 0 Å². The molecular formula is C14H11N5. The summed E-state index contributed by atoms with van der Waals surface area (Å²) in [6, 6.07) is 11.2. The molecule has 0 bridgehead atoms. The average molecular weight is 249 g/mol. The van der Waals surface area contributed by atoms with Crippen LogP contribution in [0.1, 0.15) is 11.1 Å². The lowest BCUT2D eigenvalue weighted by Crippen LogP contribution is -2.01. The molecule has 0 atom stereocenters. The number of aromatic nitrogens is 3. The fourth-order valence-electron chi connectivity index (χ4n) is 2.05. The highest BCUT2D eigenvalue weighted by Crippen LogP contribution is 2.22. The third-order valence-corrected chi connectivity index (χ3v) is 2.89. The Labute approximate surface area is 109 Å². The van der Waals surface area contributed by atoms with Crippen LogP contribution in [0.15, 0.2) is 36.5 Å². The number of anilines is 1. The molecule has 92 valence electrons. The number of pyridine rings is 1. The second-order valence-corrected chi connectivity index (χ2v) is 4.32. The molecular weight excluding hydrogens is 238 g/mol. The highest BCUT2D eigenvalue weighted by Gasteiger charge is 2.11. The predicted octanol–water partition coefficient (Wildman–Crippen LogP) is 2.18. The topological polar surface area (TPSA) is 80.5 Å². The van der Waals surface area contributed by atoms with Gasteiger partial charge in [-0.3, -0.25) is 4.57 Å². The van der Waals surface area contributed by atoms with E-state index in [1.165, 1.54) is 0 Å². The number of nitrogen functional groups attached to an aromatic ring is 1. The Bertz CT molecular complexity index is 810. The number of hydrogen-bond acceptors (Lipinski definition) is 4. The first-order valence-electron chi connectivity index (χ1n) is 5.80. The largest absolute Gasteiger partial charge is 0.369 e. The molecule has 0 amide bonds. The van der Waals surface area contributed by atoms with Gasteiger partial charge in [-0.2, -0.15) is 5.26 Å². The lowest BCUT2D eigenvalue weighted by molar-refractivity contribution is 1.08. The third kappa shape index (κ3) is 1.79. The molecule has 3 rings (SSSR count). The van der Waals surface area contributed by atoms with Crippen molar-refractivity contribution in [3.63, 3.8) is 0 Å².